The molecule has 0 fully saturated rings. The van der Waals surface area contributed by atoms with E-state index in [0.29, 0.717) is 24.0 Å². The molecule has 0 spiro atoms. The lowest BCUT2D eigenvalue weighted by molar-refractivity contribution is 0.0945. The van der Waals surface area contributed by atoms with Gasteiger partial charge in [-0.1, -0.05) is 72.8 Å². The van der Waals surface area contributed by atoms with Gasteiger partial charge in [-0.15, -0.1) is 0 Å². The molecule has 6 heteroatoms. The van der Waals surface area contributed by atoms with Gasteiger partial charge >= 0.3 is 0 Å². The van der Waals surface area contributed by atoms with Gasteiger partial charge in [-0.05, 0) is 70.5 Å². The van der Waals surface area contributed by atoms with Crippen LogP contribution in [0, 0.1) is 0 Å². The summed E-state index contributed by atoms with van der Waals surface area (Å²) >= 11 is 0. The summed E-state index contributed by atoms with van der Waals surface area (Å²) in [6.07, 6.45) is 1.37. The van der Waals surface area contributed by atoms with Crippen molar-refractivity contribution in [3.05, 3.63) is 130 Å². The number of carbonyl (C=O) groups excluding carboxylic acids is 2. The average molecular weight is 463 g/mol. The number of nitrogens with two attached hydrogens (primary N) is 2. The van der Waals surface area contributed by atoms with Gasteiger partial charge in [0.1, 0.15) is 0 Å². The summed E-state index contributed by atoms with van der Waals surface area (Å²) in [6.45, 7) is 0. The molecule has 174 valence electrons. The summed E-state index contributed by atoms with van der Waals surface area (Å²) in [5.41, 5.74) is 11.4. The molecule has 0 aromatic heterocycles. The van der Waals surface area contributed by atoms with Crippen LogP contribution in [0.4, 0.5) is 0 Å². The molecule has 35 heavy (non-hydrogen) atoms. The first-order chi connectivity index (χ1) is 17.1. The zero-order valence-corrected chi connectivity index (χ0v) is 19.1. The molecule has 1 aliphatic rings. The van der Waals surface area contributed by atoms with Gasteiger partial charge in [0.15, 0.2) is 0 Å². The summed E-state index contributed by atoms with van der Waals surface area (Å²) in [6, 6.07) is 31.9. The van der Waals surface area contributed by atoms with E-state index in [1.165, 1.54) is 0 Å². The highest BCUT2D eigenvalue weighted by molar-refractivity contribution is 5.98. The van der Waals surface area contributed by atoms with Crippen molar-refractivity contribution >= 4 is 11.8 Å². The quantitative estimate of drug-likeness (QED) is 0.199. The second kappa shape index (κ2) is 9.18. The van der Waals surface area contributed by atoms with Crippen LogP contribution in [0.3, 0.4) is 0 Å². The van der Waals surface area contributed by atoms with Crippen LogP contribution in [0.25, 0.3) is 11.1 Å². The van der Waals surface area contributed by atoms with E-state index in [4.69, 9.17) is 11.7 Å². The van der Waals surface area contributed by atoms with Gasteiger partial charge in [-0.3, -0.25) is 20.4 Å². The summed E-state index contributed by atoms with van der Waals surface area (Å²) < 4.78 is 0. The lowest BCUT2D eigenvalue weighted by Crippen LogP contribution is -2.34. The zero-order chi connectivity index (χ0) is 24.4. The molecule has 0 saturated carbocycles. The number of carbonyl (C=O) groups is 2. The fraction of sp³-hybridized carbons (Fsp3) is 0.103. The Kier molecular flexibility index (Phi) is 5.91. The number of fused-ring (bicyclic) bond motifs is 3. The van der Waals surface area contributed by atoms with Crippen molar-refractivity contribution < 1.29 is 9.59 Å². The van der Waals surface area contributed by atoms with Crippen molar-refractivity contribution in [1.29, 1.82) is 0 Å². The third-order valence-electron chi connectivity index (χ3n) is 6.84. The predicted molar refractivity (Wildman–Crippen MR) is 136 cm³/mol. The number of hydrogen-bond donors (Lipinski definition) is 4. The number of rotatable bonds is 6. The number of hydrazine groups is 2. The van der Waals surface area contributed by atoms with Crippen molar-refractivity contribution in [1.82, 2.24) is 10.9 Å². The SMILES string of the molecule is NNC(=O)c1ccc2c(c1)C(Cc1ccccc1)(Cc1ccccc1)c1cc(C(=O)NN)ccc1-2. The first-order valence-corrected chi connectivity index (χ1v) is 11.4. The number of benzene rings is 4. The molecular weight excluding hydrogens is 436 g/mol. The Bertz CT molecular complexity index is 1290. The molecule has 0 aliphatic heterocycles. The van der Waals surface area contributed by atoms with Crippen LogP contribution < -0.4 is 22.5 Å². The Balaban J connectivity index is 1.80. The number of nitrogen functional groups attached to an aromatic ring is 2. The fourth-order valence-electron chi connectivity index (χ4n) is 5.28. The first kappa shape index (κ1) is 22.5. The van der Waals surface area contributed by atoms with Crippen LogP contribution in [0.2, 0.25) is 0 Å². The normalized spacial score (nSPS) is 13.0. The monoisotopic (exact) mass is 462 g/mol. The molecule has 6 nitrogen and oxygen atoms in total. The summed E-state index contributed by atoms with van der Waals surface area (Å²) in [5.74, 6) is 10.2. The van der Waals surface area contributed by atoms with Gasteiger partial charge < -0.3 is 0 Å². The Morgan fingerprint density at radius 1 is 0.600 bits per heavy atom. The molecule has 0 radical (unpaired) electrons. The van der Waals surface area contributed by atoms with E-state index in [9.17, 15) is 9.59 Å². The molecule has 4 aromatic rings. The zero-order valence-electron chi connectivity index (χ0n) is 19.1. The topological polar surface area (TPSA) is 110 Å². The largest absolute Gasteiger partial charge is 0.290 e. The van der Waals surface area contributed by atoms with Crippen LogP contribution >= 0.6 is 0 Å². The smallest absolute Gasteiger partial charge is 0.265 e. The lowest BCUT2D eigenvalue weighted by Gasteiger charge is -2.33. The van der Waals surface area contributed by atoms with E-state index in [-0.39, 0.29) is 11.8 Å². The highest BCUT2D eigenvalue weighted by Crippen LogP contribution is 2.52. The minimum absolute atomic E-state index is 0.347. The van der Waals surface area contributed by atoms with Gasteiger partial charge in [0.2, 0.25) is 0 Å². The molecule has 0 atom stereocenters. The van der Waals surface area contributed by atoms with Crippen molar-refractivity contribution in [2.24, 2.45) is 11.7 Å². The molecule has 0 heterocycles. The van der Waals surface area contributed by atoms with Gasteiger partial charge in [-0.2, -0.15) is 0 Å². The maximum absolute atomic E-state index is 12.5. The van der Waals surface area contributed by atoms with Crippen LogP contribution in [0.15, 0.2) is 97.1 Å². The Morgan fingerprint density at radius 3 is 1.37 bits per heavy atom. The van der Waals surface area contributed by atoms with Gasteiger partial charge in [0, 0.05) is 16.5 Å². The van der Waals surface area contributed by atoms with Crippen LogP contribution in [-0.2, 0) is 18.3 Å². The second-order valence-electron chi connectivity index (χ2n) is 8.87. The molecule has 2 amide bonds. The van der Waals surface area contributed by atoms with E-state index >= 15 is 0 Å². The second-order valence-corrected chi connectivity index (χ2v) is 8.87. The molecule has 6 N–H and O–H groups in total. The first-order valence-electron chi connectivity index (χ1n) is 11.4. The summed E-state index contributed by atoms with van der Waals surface area (Å²) in [4.78, 5) is 25.0. The number of nitrogens with one attached hydrogen (secondary N) is 2. The Labute approximate surface area is 203 Å². The lowest BCUT2D eigenvalue weighted by atomic mass is 9.69. The van der Waals surface area contributed by atoms with Crippen LogP contribution in [-0.4, -0.2) is 11.8 Å². The van der Waals surface area contributed by atoms with Crippen LogP contribution in [0.1, 0.15) is 43.0 Å². The number of amides is 2. The van der Waals surface area contributed by atoms with Crippen molar-refractivity contribution in [3.63, 3.8) is 0 Å². The minimum atomic E-state index is -0.525. The van der Waals surface area contributed by atoms with E-state index < -0.39 is 5.41 Å². The van der Waals surface area contributed by atoms with Gasteiger partial charge in [0.25, 0.3) is 11.8 Å². The van der Waals surface area contributed by atoms with E-state index in [1.54, 1.807) is 12.1 Å². The number of hydrogen-bond acceptors (Lipinski definition) is 4. The third-order valence-corrected chi connectivity index (χ3v) is 6.84. The molecular formula is C29H26N4O2. The molecule has 0 bridgehead atoms. The van der Waals surface area contributed by atoms with Crippen molar-refractivity contribution in [2.75, 3.05) is 0 Å². The van der Waals surface area contributed by atoms with Crippen molar-refractivity contribution in [2.45, 2.75) is 18.3 Å². The average Bonchev–Trinajstić information content (AvgIpc) is 3.17. The Morgan fingerprint density at radius 2 is 1.00 bits per heavy atom. The molecule has 0 saturated heterocycles. The predicted octanol–water partition coefficient (Wildman–Crippen LogP) is 3.65. The van der Waals surface area contributed by atoms with Gasteiger partial charge in [0.05, 0.1) is 0 Å². The van der Waals surface area contributed by atoms with Gasteiger partial charge in [-0.25, -0.2) is 11.7 Å². The van der Waals surface area contributed by atoms with Crippen molar-refractivity contribution in [3.8, 4) is 11.1 Å². The third kappa shape index (κ3) is 3.99. The molecule has 0 unspecified atom stereocenters. The highest BCUT2D eigenvalue weighted by atomic mass is 16.2. The standard InChI is InChI=1S/C29H26N4O2/c30-32-27(34)21-11-13-23-24-14-12-22(28(35)33-31)16-26(24)29(25(23)15-21,17-19-7-3-1-4-8-19)18-20-9-5-2-6-10-20/h1-16H,17-18,30-31H2,(H,32,34)(H,33,35). The minimum Gasteiger partial charge on any atom is -0.290 e. The van der Waals surface area contributed by atoms with E-state index in [1.807, 2.05) is 60.7 Å². The maximum atomic E-state index is 12.5. The summed E-state index contributed by atoms with van der Waals surface area (Å²) in [7, 11) is 0. The highest BCUT2D eigenvalue weighted by Gasteiger charge is 2.44. The molecule has 5 rings (SSSR count). The summed E-state index contributed by atoms with van der Waals surface area (Å²) in [5, 5.41) is 0. The van der Waals surface area contributed by atoms with Crippen LogP contribution in [0.5, 0.6) is 0 Å². The maximum Gasteiger partial charge on any atom is 0.265 e. The fourth-order valence-corrected chi connectivity index (χ4v) is 5.28. The van der Waals surface area contributed by atoms with E-state index in [2.05, 4.69) is 35.1 Å². The Hall–Kier alpha value is -4.26. The van der Waals surface area contributed by atoms with E-state index in [0.717, 1.165) is 33.4 Å². The molecule has 4 aromatic carbocycles. The molecule has 1 aliphatic carbocycles.